The number of carbonyl (C=O) groups excluding carboxylic acids is 2. The van der Waals surface area contributed by atoms with E-state index in [1.54, 1.807) is 33.8 Å². The van der Waals surface area contributed by atoms with E-state index < -0.39 is 33.1 Å². The molecule has 0 unspecified atom stereocenters. The van der Waals surface area contributed by atoms with E-state index in [2.05, 4.69) is 5.32 Å². The summed E-state index contributed by atoms with van der Waals surface area (Å²) < 4.78 is 45.5. The van der Waals surface area contributed by atoms with Gasteiger partial charge in [-0.3, -0.25) is 9.59 Å². The van der Waals surface area contributed by atoms with Crippen LogP contribution in [-0.4, -0.2) is 36.2 Å². The minimum atomic E-state index is -3.41. The van der Waals surface area contributed by atoms with Crippen molar-refractivity contribution in [3.8, 4) is 11.1 Å². The van der Waals surface area contributed by atoms with Gasteiger partial charge >= 0.3 is 6.09 Å². The number of nitrogens with one attached hydrogen (secondary N) is 1. The van der Waals surface area contributed by atoms with Gasteiger partial charge in [-0.25, -0.2) is 17.6 Å². The highest BCUT2D eigenvalue weighted by Gasteiger charge is 2.23. The minimum absolute atomic E-state index is 0.0639. The van der Waals surface area contributed by atoms with E-state index in [9.17, 15) is 27.2 Å². The SMILES string of the molecule is CCS(=O)(=O)Cc1ccc(C(=O)c2cc(C)c(F)cc2Cl)c(-c2cn(C)c(=O)cc2CNC(=O)OC(C)(C)C)c1. The number of ether oxygens (including phenoxy) is 1. The molecule has 1 aromatic heterocycles. The van der Waals surface area contributed by atoms with Crippen molar-refractivity contribution >= 4 is 33.3 Å². The maximum atomic E-state index is 14.1. The number of amides is 1. The molecule has 0 aliphatic heterocycles. The molecular formula is C29H32ClFN2O6S. The Balaban J connectivity index is 2.22. The van der Waals surface area contributed by atoms with Crippen LogP contribution in [0.3, 0.4) is 0 Å². The third kappa shape index (κ3) is 7.57. The first kappa shape index (κ1) is 31.0. The number of carbonyl (C=O) groups is 2. The Morgan fingerprint density at radius 3 is 2.38 bits per heavy atom. The van der Waals surface area contributed by atoms with Crippen LogP contribution in [0.4, 0.5) is 9.18 Å². The minimum Gasteiger partial charge on any atom is -0.444 e. The molecule has 40 heavy (non-hydrogen) atoms. The van der Waals surface area contributed by atoms with Crippen molar-refractivity contribution in [1.29, 1.82) is 0 Å². The zero-order valence-electron chi connectivity index (χ0n) is 23.2. The predicted molar refractivity (Wildman–Crippen MR) is 153 cm³/mol. The van der Waals surface area contributed by atoms with Gasteiger partial charge in [0.05, 0.1) is 10.8 Å². The van der Waals surface area contributed by atoms with Crippen LogP contribution in [0, 0.1) is 12.7 Å². The number of nitrogens with zero attached hydrogens (tertiary/aromatic N) is 1. The second-order valence-corrected chi connectivity index (χ2v) is 13.2. The third-order valence-corrected chi connectivity index (χ3v) is 8.04. The highest BCUT2D eigenvalue weighted by molar-refractivity contribution is 7.90. The lowest BCUT2D eigenvalue weighted by molar-refractivity contribution is 0.0523. The monoisotopic (exact) mass is 590 g/mol. The van der Waals surface area contributed by atoms with Crippen LogP contribution in [0.25, 0.3) is 11.1 Å². The van der Waals surface area contributed by atoms with E-state index in [0.717, 1.165) is 6.07 Å². The third-order valence-electron chi connectivity index (χ3n) is 6.07. The molecule has 214 valence electrons. The van der Waals surface area contributed by atoms with Gasteiger partial charge in [-0.15, -0.1) is 0 Å². The number of halogens is 2. The molecule has 0 aliphatic rings. The molecule has 0 atom stereocenters. The number of hydrogen-bond donors (Lipinski definition) is 1. The van der Waals surface area contributed by atoms with Crippen molar-refractivity contribution in [3.63, 3.8) is 0 Å². The Kier molecular flexibility index (Phi) is 9.26. The van der Waals surface area contributed by atoms with Crippen LogP contribution in [-0.2, 0) is 33.9 Å². The molecule has 3 aromatic rings. The molecular weight excluding hydrogens is 559 g/mol. The van der Waals surface area contributed by atoms with Crippen LogP contribution in [0.1, 0.15) is 60.3 Å². The van der Waals surface area contributed by atoms with Crippen LogP contribution in [0.2, 0.25) is 5.02 Å². The quantitative estimate of drug-likeness (QED) is 0.354. The number of aryl methyl sites for hydroxylation is 2. The predicted octanol–water partition coefficient (Wildman–Crippen LogP) is 5.34. The number of pyridine rings is 1. The van der Waals surface area contributed by atoms with Crippen molar-refractivity contribution in [2.45, 2.75) is 52.5 Å². The fraction of sp³-hybridized carbons (Fsp3) is 0.345. The fourth-order valence-electron chi connectivity index (χ4n) is 3.97. The Morgan fingerprint density at radius 2 is 1.75 bits per heavy atom. The highest BCUT2D eigenvalue weighted by Crippen LogP contribution is 2.32. The standard InChI is InChI=1S/C29H32ClFN2O6S/c1-7-40(37,38)16-18-8-9-20(27(35)22-10-17(2)25(31)13-24(22)30)21(11-18)23-15-33(6)26(34)12-19(23)14-32-28(36)39-29(3,4)5/h8-13,15H,7,14,16H2,1-6H3,(H,32,36). The first-order chi connectivity index (χ1) is 18.5. The number of benzene rings is 2. The summed E-state index contributed by atoms with van der Waals surface area (Å²) in [4.78, 5) is 38.7. The summed E-state index contributed by atoms with van der Waals surface area (Å²) >= 11 is 6.25. The zero-order chi connectivity index (χ0) is 30.0. The number of aromatic nitrogens is 1. The van der Waals surface area contributed by atoms with Crippen LogP contribution < -0.4 is 10.9 Å². The van der Waals surface area contributed by atoms with E-state index in [0.29, 0.717) is 22.3 Å². The van der Waals surface area contributed by atoms with Crippen molar-refractivity contribution < 1.29 is 27.1 Å². The van der Waals surface area contributed by atoms with Crippen molar-refractivity contribution in [1.82, 2.24) is 9.88 Å². The lowest BCUT2D eigenvalue weighted by Crippen LogP contribution is -2.32. The average molecular weight is 591 g/mol. The van der Waals surface area contributed by atoms with Gasteiger partial charge in [-0.1, -0.05) is 30.7 Å². The lowest BCUT2D eigenvalue weighted by Gasteiger charge is -2.21. The second kappa shape index (κ2) is 11.9. The lowest BCUT2D eigenvalue weighted by atomic mass is 9.90. The molecule has 0 bridgehead atoms. The van der Waals surface area contributed by atoms with Gasteiger partial charge in [-0.2, -0.15) is 0 Å². The molecule has 0 fully saturated rings. The van der Waals surface area contributed by atoms with Gasteiger partial charge in [0, 0.05) is 48.3 Å². The maximum absolute atomic E-state index is 14.1. The van der Waals surface area contributed by atoms with Gasteiger partial charge in [0.15, 0.2) is 15.6 Å². The largest absolute Gasteiger partial charge is 0.444 e. The Labute approximate surface area is 238 Å². The molecule has 8 nitrogen and oxygen atoms in total. The number of hydrogen-bond acceptors (Lipinski definition) is 6. The summed E-state index contributed by atoms with van der Waals surface area (Å²) in [7, 11) is -1.88. The molecule has 1 heterocycles. The Hall–Kier alpha value is -3.50. The fourth-order valence-corrected chi connectivity index (χ4v) is 5.10. The second-order valence-electron chi connectivity index (χ2n) is 10.5. The summed E-state index contributed by atoms with van der Waals surface area (Å²) in [6, 6.07) is 8.34. The summed E-state index contributed by atoms with van der Waals surface area (Å²) in [6.45, 7) is 8.09. The van der Waals surface area contributed by atoms with Gasteiger partial charge in [0.2, 0.25) is 0 Å². The van der Waals surface area contributed by atoms with E-state index in [1.165, 1.54) is 49.0 Å². The molecule has 0 spiro atoms. The molecule has 1 N–H and O–H groups in total. The molecule has 0 aliphatic carbocycles. The number of rotatable bonds is 8. The first-order valence-electron chi connectivity index (χ1n) is 12.5. The first-order valence-corrected chi connectivity index (χ1v) is 14.7. The highest BCUT2D eigenvalue weighted by atomic mass is 35.5. The average Bonchev–Trinajstić information content (AvgIpc) is 2.85. The molecule has 11 heteroatoms. The topological polar surface area (TPSA) is 112 Å². The molecule has 3 rings (SSSR count). The van der Waals surface area contributed by atoms with Gasteiger partial charge < -0.3 is 14.6 Å². The van der Waals surface area contributed by atoms with Crippen molar-refractivity contribution in [2.75, 3.05) is 5.75 Å². The van der Waals surface area contributed by atoms with Gasteiger partial charge in [0.1, 0.15) is 11.4 Å². The van der Waals surface area contributed by atoms with Crippen molar-refractivity contribution in [2.24, 2.45) is 7.05 Å². The van der Waals surface area contributed by atoms with E-state index in [4.69, 9.17) is 16.3 Å². The molecule has 0 saturated heterocycles. The van der Waals surface area contributed by atoms with Crippen LogP contribution in [0.5, 0.6) is 0 Å². The van der Waals surface area contributed by atoms with E-state index in [1.807, 2.05) is 0 Å². The molecule has 0 radical (unpaired) electrons. The van der Waals surface area contributed by atoms with Gasteiger partial charge in [0.25, 0.3) is 5.56 Å². The van der Waals surface area contributed by atoms with E-state index in [-0.39, 0.29) is 45.3 Å². The van der Waals surface area contributed by atoms with Crippen LogP contribution in [0.15, 0.2) is 47.4 Å². The van der Waals surface area contributed by atoms with Crippen molar-refractivity contribution in [3.05, 3.63) is 91.6 Å². The summed E-state index contributed by atoms with van der Waals surface area (Å²) in [6.07, 6.45) is 0.808. The molecule has 1 amide bonds. The maximum Gasteiger partial charge on any atom is 0.407 e. The Morgan fingerprint density at radius 1 is 1.07 bits per heavy atom. The number of alkyl carbamates (subject to hydrolysis) is 1. The molecule has 0 saturated carbocycles. The summed E-state index contributed by atoms with van der Waals surface area (Å²) in [5.41, 5.74) is 0.871. The van der Waals surface area contributed by atoms with Gasteiger partial charge in [-0.05, 0) is 68.1 Å². The normalized spacial score (nSPS) is 11.8. The Bertz CT molecular complexity index is 1640. The molecule has 2 aromatic carbocycles. The zero-order valence-corrected chi connectivity index (χ0v) is 24.8. The number of sulfone groups is 1. The van der Waals surface area contributed by atoms with Crippen LogP contribution >= 0.6 is 11.6 Å². The smallest absolute Gasteiger partial charge is 0.407 e. The summed E-state index contributed by atoms with van der Waals surface area (Å²) in [5, 5.41) is 2.54. The summed E-state index contributed by atoms with van der Waals surface area (Å²) in [5.74, 6) is -1.42. The number of ketones is 1. The van der Waals surface area contributed by atoms with E-state index >= 15 is 0 Å².